The molecule has 0 radical (unpaired) electrons. The Morgan fingerprint density at radius 1 is 1.14 bits per heavy atom. The van der Waals surface area contributed by atoms with Gasteiger partial charge >= 0.3 is 0 Å². The van der Waals surface area contributed by atoms with Crippen LogP contribution in [0, 0.1) is 25.2 Å². The summed E-state index contributed by atoms with van der Waals surface area (Å²) in [5.74, 6) is 1.40. The maximum atomic E-state index is 9.71. The minimum atomic E-state index is 0.506. The highest BCUT2D eigenvalue weighted by Crippen LogP contribution is 2.26. The van der Waals surface area contributed by atoms with E-state index in [2.05, 4.69) is 40.5 Å². The lowest BCUT2D eigenvalue weighted by Gasteiger charge is -2.10. The van der Waals surface area contributed by atoms with Crippen molar-refractivity contribution in [3.8, 4) is 17.5 Å². The summed E-state index contributed by atoms with van der Waals surface area (Å²) in [4.78, 5) is 7.78. The molecule has 2 aromatic carbocycles. The van der Waals surface area contributed by atoms with Gasteiger partial charge in [0, 0.05) is 17.1 Å². The second-order valence-corrected chi connectivity index (χ2v) is 6.63. The Balaban J connectivity index is 1.77. The van der Waals surface area contributed by atoms with Gasteiger partial charge in [-0.1, -0.05) is 12.1 Å². The van der Waals surface area contributed by atoms with E-state index in [1.165, 1.54) is 0 Å². The van der Waals surface area contributed by atoms with Crippen molar-refractivity contribution in [3.63, 3.8) is 0 Å². The monoisotopic (exact) mass is 368 g/mol. The minimum Gasteiger partial charge on any atom is -0.497 e. The molecule has 2 heterocycles. The number of hydrogen-bond donors (Lipinski definition) is 1. The van der Waals surface area contributed by atoms with Crippen LogP contribution in [0.25, 0.3) is 28.4 Å². The number of benzene rings is 2. The molecule has 28 heavy (non-hydrogen) atoms. The Morgan fingerprint density at radius 3 is 2.57 bits per heavy atom. The molecule has 5 heteroatoms. The van der Waals surface area contributed by atoms with Crippen molar-refractivity contribution in [2.24, 2.45) is 0 Å². The number of aryl methyl sites for hydroxylation is 1. The molecule has 4 aromatic rings. The van der Waals surface area contributed by atoms with Crippen LogP contribution in [-0.4, -0.2) is 21.6 Å². The summed E-state index contributed by atoms with van der Waals surface area (Å²) >= 11 is 0. The number of nitrogens with zero attached hydrogens (tertiary/aromatic N) is 3. The first kappa shape index (κ1) is 17.6. The Bertz CT molecular complexity index is 1190. The normalized spacial score (nSPS) is 11.6. The molecule has 0 spiro atoms. The number of H-pyrrole nitrogens is 1. The van der Waals surface area contributed by atoms with Gasteiger partial charge in [0.2, 0.25) is 0 Å². The molecule has 0 saturated heterocycles. The van der Waals surface area contributed by atoms with Gasteiger partial charge in [-0.15, -0.1) is 0 Å². The zero-order valence-electron chi connectivity index (χ0n) is 16.0. The van der Waals surface area contributed by atoms with Gasteiger partial charge in [-0.25, -0.2) is 4.98 Å². The summed E-state index contributed by atoms with van der Waals surface area (Å²) < 4.78 is 7.41. The average Bonchev–Trinajstić information content (AvgIpc) is 3.26. The van der Waals surface area contributed by atoms with Crippen LogP contribution in [0.15, 0.2) is 54.6 Å². The summed E-state index contributed by atoms with van der Waals surface area (Å²) in [7, 11) is 1.66. The first-order chi connectivity index (χ1) is 13.6. The fourth-order valence-corrected chi connectivity index (χ4v) is 3.45. The number of nitrogens with one attached hydrogen (secondary N) is 1. The van der Waals surface area contributed by atoms with Crippen molar-refractivity contribution in [1.82, 2.24) is 14.5 Å². The lowest BCUT2D eigenvalue weighted by atomic mass is 10.1. The van der Waals surface area contributed by atoms with Gasteiger partial charge in [0.25, 0.3) is 0 Å². The SMILES string of the molecule is COc1ccc(-n2c(C)cc(C=C(C#N)c3nc4ccccc4[nH]3)c2C)cc1. The highest BCUT2D eigenvalue weighted by Gasteiger charge is 2.13. The van der Waals surface area contributed by atoms with Crippen LogP contribution in [0.1, 0.15) is 22.8 Å². The largest absolute Gasteiger partial charge is 0.497 e. The smallest absolute Gasteiger partial charge is 0.149 e. The predicted octanol–water partition coefficient (Wildman–Crippen LogP) is 5.04. The molecule has 0 aliphatic heterocycles. The zero-order valence-corrected chi connectivity index (χ0v) is 16.0. The standard InChI is InChI=1S/C23H20N4O/c1-15-12-17(16(2)27(15)19-8-10-20(28-3)11-9-19)13-18(14-24)23-25-21-6-4-5-7-22(21)26-23/h4-13H,1-3H3,(H,25,26). The summed E-state index contributed by atoms with van der Waals surface area (Å²) in [6.07, 6.45) is 1.89. The predicted molar refractivity (Wildman–Crippen MR) is 111 cm³/mol. The van der Waals surface area contributed by atoms with Crippen molar-refractivity contribution in [1.29, 1.82) is 5.26 Å². The summed E-state index contributed by atoms with van der Waals surface area (Å²) in [5.41, 5.74) is 6.47. The average molecular weight is 368 g/mol. The molecule has 0 bridgehead atoms. The van der Waals surface area contributed by atoms with Crippen LogP contribution in [0.5, 0.6) is 5.75 Å². The summed E-state index contributed by atoms with van der Waals surface area (Å²) in [6.45, 7) is 4.11. The van der Waals surface area contributed by atoms with E-state index < -0.39 is 0 Å². The molecule has 0 aliphatic rings. The van der Waals surface area contributed by atoms with Gasteiger partial charge in [-0.2, -0.15) is 5.26 Å². The molecule has 0 aliphatic carbocycles. The lowest BCUT2D eigenvalue weighted by Crippen LogP contribution is -1.99. The van der Waals surface area contributed by atoms with Gasteiger partial charge in [0.1, 0.15) is 17.6 Å². The Labute approximate surface area is 163 Å². The lowest BCUT2D eigenvalue weighted by molar-refractivity contribution is 0.414. The van der Waals surface area contributed by atoms with E-state index in [0.717, 1.165) is 39.4 Å². The van der Waals surface area contributed by atoms with Crippen LogP contribution >= 0.6 is 0 Å². The van der Waals surface area contributed by atoms with Crippen LogP contribution in [0.2, 0.25) is 0 Å². The number of nitriles is 1. The molecule has 0 unspecified atom stereocenters. The first-order valence-corrected chi connectivity index (χ1v) is 9.01. The molecular weight excluding hydrogens is 348 g/mol. The number of aromatic nitrogens is 3. The van der Waals surface area contributed by atoms with E-state index in [1.807, 2.05) is 54.6 Å². The molecule has 5 nitrogen and oxygen atoms in total. The van der Waals surface area contributed by atoms with Gasteiger partial charge in [0.05, 0.1) is 23.7 Å². The fourth-order valence-electron chi connectivity index (χ4n) is 3.45. The van der Waals surface area contributed by atoms with E-state index in [9.17, 15) is 5.26 Å². The second kappa shape index (κ2) is 7.09. The number of hydrogen-bond acceptors (Lipinski definition) is 3. The number of aromatic amines is 1. The molecule has 4 rings (SSSR count). The van der Waals surface area contributed by atoms with Crippen molar-refractivity contribution < 1.29 is 4.74 Å². The summed E-state index contributed by atoms with van der Waals surface area (Å²) in [6, 6.07) is 20.1. The van der Waals surface area contributed by atoms with Crippen LogP contribution < -0.4 is 4.74 Å². The molecule has 0 fully saturated rings. The number of para-hydroxylation sites is 2. The molecule has 0 saturated carbocycles. The van der Waals surface area contributed by atoms with E-state index in [0.29, 0.717) is 11.4 Å². The van der Waals surface area contributed by atoms with E-state index in [-0.39, 0.29) is 0 Å². The topological polar surface area (TPSA) is 66.6 Å². The Morgan fingerprint density at radius 2 is 1.89 bits per heavy atom. The van der Waals surface area contributed by atoms with E-state index in [4.69, 9.17) is 4.74 Å². The minimum absolute atomic E-state index is 0.506. The highest BCUT2D eigenvalue weighted by molar-refractivity contribution is 5.90. The molecule has 138 valence electrons. The van der Waals surface area contributed by atoms with Crippen molar-refractivity contribution in [2.45, 2.75) is 13.8 Å². The van der Waals surface area contributed by atoms with Crippen molar-refractivity contribution >= 4 is 22.7 Å². The molecule has 1 N–H and O–H groups in total. The fraction of sp³-hybridized carbons (Fsp3) is 0.130. The second-order valence-electron chi connectivity index (χ2n) is 6.63. The number of ether oxygens (including phenoxy) is 1. The van der Waals surface area contributed by atoms with Crippen LogP contribution in [0.4, 0.5) is 0 Å². The van der Waals surface area contributed by atoms with Gasteiger partial charge in [-0.3, -0.25) is 0 Å². The molecule has 2 aromatic heterocycles. The van der Waals surface area contributed by atoms with Crippen LogP contribution in [0.3, 0.4) is 0 Å². The third kappa shape index (κ3) is 3.06. The summed E-state index contributed by atoms with van der Waals surface area (Å²) in [5, 5.41) is 9.71. The molecule has 0 atom stereocenters. The Kier molecular flexibility index (Phi) is 4.46. The van der Waals surface area contributed by atoms with E-state index in [1.54, 1.807) is 7.11 Å². The van der Waals surface area contributed by atoms with E-state index >= 15 is 0 Å². The van der Waals surface area contributed by atoms with Gasteiger partial charge in [-0.05, 0) is 68.0 Å². The molecular formula is C23H20N4O. The van der Waals surface area contributed by atoms with Crippen molar-refractivity contribution in [3.05, 3.63) is 77.4 Å². The first-order valence-electron chi connectivity index (χ1n) is 9.01. The van der Waals surface area contributed by atoms with Crippen LogP contribution in [-0.2, 0) is 0 Å². The Hall–Kier alpha value is -3.78. The number of allylic oxidation sites excluding steroid dienone is 1. The number of methoxy groups -OCH3 is 1. The quantitative estimate of drug-likeness (QED) is 0.513. The third-order valence-electron chi connectivity index (χ3n) is 4.87. The zero-order chi connectivity index (χ0) is 19.7. The third-order valence-corrected chi connectivity index (χ3v) is 4.87. The number of fused-ring (bicyclic) bond motifs is 1. The van der Waals surface area contributed by atoms with Crippen molar-refractivity contribution in [2.75, 3.05) is 7.11 Å². The maximum Gasteiger partial charge on any atom is 0.149 e. The maximum absolute atomic E-state index is 9.71. The number of imidazole rings is 1. The van der Waals surface area contributed by atoms with Gasteiger partial charge < -0.3 is 14.3 Å². The highest BCUT2D eigenvalue weighted by atomic mass is 16.5. The van der Waals surface area contributed by atoms with Gasteiger partial charge in [0.15, 0.2) is 0 Å². The molecule has 0 amide bonds. The number of rotatable bonds is 4.